The normalized spacial score (nSPS) is 10.0. The Hall–Kier alpha value is -3.42. The largest absolute Gasteiger partial charge is 0.497 e. The van der Waals surface area contributed by atoms with Crippen LogP contribution in [-0.4, -0.2) is 46.4 Å². The molecule has 8 nitrogen and oxygen atoms in total. The first-order valence-electron chi connectivity index (χ1n) is 8.52. The van der Waals surface area contributed by atoms with Crippen LogP contribution in [0.15, 0.2) is 36.4 Å². The van der Waals surface area contributed by atoms with Gasteiger partial charge in [0.2, 0.25) is 0 Å². The maximum atomic E-state index is 12.2. The van der Waals surface area contributed by atoms with Crippen molar-refractivity contribution in [1.29, 1.82) is 0 Å². The molecule has 150 valence electrons. The van der Waals surface area contributed by atoms with Crippen molar-refractivity contribution in [2.24, 2.45) is 0 Å². The van der Waals surface area contributed by atoms with Gasteiger partial charge in [-0.1, -0.05) is 0 Å². The van der Waals surface area contributed by atoms with Gasteiger partial charge in [-0.05, 0) is 37.3 Å². The Kier molecular flexibility index (Phi) is 7.50. The third-order valence-electron chi connectivity index (χ3n) is 3.72. The van der Waals surface area contributed by atoms with Crippen LogP contribution in [0.2, 0.25) is 0 Å². The summed E-state index contributed by atoms with van der Waals surface area (Å²) >= 11 is 0. The summed E-state index contributed by atoms with van der Waals surface area (Å²) in [6.45, 7) is 1.86. The maximum Gasteiger partial charge on any atom is 0.338 e. The van der Waals surface area contributed by atoms with Crippen LogP contribution in [0, 0.1) is 0 Å². The quantitative estimate of drug-likeness (QED) is 0.659. The fourth-order valence-corrected chi connectivity index (χ4v) is 2.37. The molecule has 8 heteroatoms. The van der Waals surface area contributed by atoms with Crippen LogP contribution in [0.1, 0.15) is 17.3 Å². The van der Waals surface area contributed by atoms with Crippen molar-refractivity contribution >= 4 is 17.6 Å². The van der Waals surface area contributed by atoms with Gasteiger partial charge in [0.1, 0.15) is 11.5 Å². The lowest BCUT2D eigenvalue weighted by atomic mass is 10.2. The van der Waals surface area contributed by atoms with Crippen LogP contribution in [0.5, 0.6) is 23.0 Å². The topological polar surface area (TPSA) is 92.3 Å². The molecule has 2 aromatic carbocycles. The number of rotatable bonds is 9. The van der Waals surface area contributed by atoms with E-state index in [1.807, 2.05) is 6.92 Å². The minimum atomic E-state index is -0.654. The van der Waals surface area contributed by atoms with Crippen LogP contribution in [-0.2, 0) is 9.53 Å². The summed E-state index contributed by atoms with van der Waals surface area (Å²) in [5.41, 5.74) is 0.683. The summed E-state index contributed by atoms with van der Waals surface area (Å²) in [6, 6.07) is 9.60. The van der Waals surface area contributed by atoms with Crippen molar-refractivity contribution in [1.82, 2.24) is 0 Å². The zero-order valence-corrected chi connectivity index (χ0v) is 16.2. The van der Waals surface area contributed by atoms with Crippen LogP contribution >= 0.6 is 0 Å². The number of methoxy groups -OCH3 is 3. The molecular formula is C20H23NO7. The van der Waals surface area contributed by atoms with Gasteiger partial charge in [0.15, 0.2) is 18.1 Å². The highest BCUT2D eigenvalue weighted by Gasteiger charge is 2.15. The predicted molar refractivity (Wildman–Crippen MR) is 103 cm³/mol. The van der Waals surface area contributed by atoms with Crippen molar-refractivity contribution in [3.05, 3.63) is 42.0 Å². The number of anilines is 1. The summed E-state index contributed by atoms with van der Waals surface area (Å²) in [4.78, 5) is 24.3. The van der Waals surface area contributed by atoms with Crippen molar-refractivity contribution in [2.45, 2.75) is 6.92 Å². The average molecular weight is 389 g/mol. The Morgan fingerprint density at radius 3 is 2.29 bits per heavy atom. The molecule has 0 aromatic heterocycles. The van der Waals surface area contributed by atoms with E-state index in [1.54, 1.807) is 30.3 Å². The first-order valence-corrected chi connectivity index (χ1v) is 8.52. The molecule has 2 aromatic rings. The number of hydrogen-bond donors (Lipinski definition) is 1. The number of amides is 1. The first-order chi connectivity index (χ1) is 13.5. The number of carbonyl (C=O) groups excluding carboxylic acids is 2. The molecule has 0 atom stereocenters. The number of benzene rings is 2. The van der Waals surface area contributed by atoms with Crippen LogP contribution in [0.25, 0.3) is 0 Å². The van der Waals surface area contributed by atoms with Crippen LogP contribution < -0.4 is 24.3 Å². The number of ether oxygens (including phenoxy) is 5. The Balaban J connectivity index is 1.98. The molecule has 0 heterocycles. The molecule has 28 heavy (non-hydrogen) atoms. The summed E-state index contributed by atoms with van der Waals surface area (Å²) in [6.07, 6.45) is 0. The van der Waals surface area contributed by atoms with E-state index in [9.17, 15) is 9.59 Å². The molecule has 0 aliphatic carbocycles. The van der Waals surface area contributed by atoms with Gasteiger partial charge in [-0.15, -0.1) is 0 Å². The fourth-order valence-electron chi connectivity index (χ4n) is 2.37. The summed E-state index contributed by atoms with van der Waals surface area (Å²) < 4.78 is 26.0. The molecule has 2 rings (SSSR count). The molecule has 0 fully saturated rings. The molecule has 0 saturated heterocycles. The lowest BCUT2D eigenvalue weighted by Crippen LogP contribution is -2.21. The second-order valence-corrected chi connectivity index (χ2v) is 5.49. The van der Waals surface area contributed by atoms with E-state index in [4.69, 9.17) is 23.7 Å². The molecule has 0 aliphatic heterocycles. The summed E-state index contributed by atoms with van der Waals surface area (Å²) in [5, 5.41) is 2.63. The number of carbonyl (C=O) groups is 2. The third kappa shape index (κ3) is 5.29. The lowest BCUT2D eigenvalue weighted by Gasteiger charge is -2.12. The van der Waals surface area contributed by atoms with E-state index in [2.05, 4.69) is 5.32 Å². The number of esters is 1. The monoisotopic (exact) mass is 389 g/mol. The van der Waals surface area contributed by atoms with E-state index in [-0.39, 0.29) is 5.56 Å². The SMILES string of the molecule is CCOc1ccc(C(=O)OCC(=O)Nc2ccc(OC)cc2OC)cc1OC. The zero-order chi connectivity index (χ0) is 20.5. The first kappa shape index (κ1) is 20.9. The van der Waals surface area contributed by atoms with Crippen molar-refractivity contribution in [3.8, 4) is 23.0 Å². The fraction of sp³-hybridized carbons (Fsp3) is 0.300. The molecule has 0 spiro atoms. The Morgan fingerprint density at radius 1 is 0.893 bits per heavy atom. The van der Waals surface area contributed by atoms with Crippen molar-refractivity contribution in [3.63, 3.8) is 0 Å². The van der Waals surface area contributed by atoms with Gasteiger partial charge >= 0.3 is 5.97 Å². The van der Waals surface area contributed by atoms with E-state index >= 15 is 0 Å². The van der Waals surface area contributed by atoms with Gasteiger partial charge in [0.05, 0.1) is 39.2 Å². The molecular weight excluding hydrogens is 366 g/mol. The lowest BCUT2D eigenvalue weighted by molar-refractivity contribution is -0.119. The van der Waals surface area contributed by atoms with Crippen molar-refractivity contribution in [2.75, 3.05) is 39.9 Å². The molecule has 0 unspecified atom stereocenters. The maximum absolute atomic E-state index is 12.2. The molecule has 0 saturated carbocycles. The second-order valence-electron chi connectivity index (χ2n) is 5.49. The minimum Gasteiger partial charge on any atom is -0.497 e. The molecule has 1 N–H and O–H groups in total. The standard InChI is InChI=1S/C20H23NO7/c1-5-27-16-9-6-13(10-18(16)26-4)20(23)28-12-19(22)21-15-8-7-14(24-2)11-17(15)25-3/h6-11H,5,12H2,1-4H3,(H,21,22). The molecule has 0 aliphatic rings. The third-order valence-corrected chi connectivity index (χ3v) is 3.72. The molecule has 0 bridgehead atoms. The minimum absolute atomic E-state index is 0.245. The average Bonchev–Trinajstić information content (AvgIpc) is 2.72. The van der Waals surface area contributed by atoms with Gasteiger partial charge in [-0.2, -0.15) is 0 Å². The Labute approximate surface area is 163 Å². The Bertz CT molecular complexity index is 835. The highest BCUT2D eigenvalue weighted by molar-refractivity contribution is 5.96. The summed E-state index contributed by atoms with van der Waals surface area (Å²) in [7, 11) is 4.48. The highest BCUT2D eigenvalue weighted by Crippen LogP contribution is 2.29. The number of hydrogen-bond acceptors (Lipinski definition) is 7. The highest BCUT2D eigenvalue weighted by atomic mass is 16.5. The van der Waals surface area contributed by atoms with Crippen molar-refractivity contribution < 1.29 is 33.3 Å². The Morgan fingerprint density at radius 2 is 1.64 bits per heavy atom. The predicted octanol–water partition coefficient (Wildman–Crippen LogP) is 2.91. The van der Waals surface area contributed by atoms with E-state index in [0.29, 0.717) is 35.3 Å². The van der Waals surface area contributed by atoms with Gasteiger partial charge in [-0.25, -0.2) is 4.79 Å². The zero-order valence-electron chi connectivity index (χ0n) is 16.2. The van der Waals surface area contributed by atoms with Gasteiger partial charge in [0, 0.05) is 6.07 Å². The smallest absolute Gasteiger partial charge is 0.338 e. The molecule has 1 amide bonds. The van der Waals surface area contributed by atoms with Crippen LogP contribution in [0.4, 0.5) is 5.69 Å². The van der Waals surface area contributed by atoms with Gasteiger partial charge < -0.3 is 29.0 Å². The van der Waals surface area contributed by atoms with E-state index in [1.165, 1.54) is 27.4 Å². The van der Waals surface area contributed by atoms with Gasteiger partial charge in [-0.3, -0.25) is 4.79 Å². The summed E-state index contributed by atoms with van der Waals surface area (Å²) in [5.74, 6) is 0.781. The van der Waals surface area contributed by atoms with Crippen LogP contribution in [0.3, 0.4) is 0 Å². The van der Waals surface area contributed by atoms with E-state index < -0.39 is 18.5 Å². The number of nitrogens with one attached hydrogen (secondary N) is 1. The van der Waals surface area contributed by atoms with Gasteiger partial charge in [0.25, 0.3) is 5.91 Å². The van der Waals surface area contributed by atoms with E-state index in [0.717, 1.165) is 0 Å². The molecule has 0 radical (unpaired) electrons. The second kappa shape index (κ2) is 10.1.